The maximum Gasteiger partial charge on any atom is 0.295 e. The molecule has 2 aromatic heterocycles. The number of rotatable bonds is 6. The Morgan fingerprint density at radius 2 is 2.08 bits per heavy atom. The van der Waals surface area contributed by atoms with Gasteiger partial charge in [-0.15, -0.1) is 11.3 Å². The van der Waals surface area contributed by atoms with E-state index in [4.69, 9.17) is 4.74 Å². The van der Waals surface area contributed by atoms with Crippen molar-refractivity contribution in [3.8, 4) is 0 Å². The number of aliphatic hydroxyl groups excluding tert-OH is 1. The highest BCUT2D eigenvalue weighted by molar-refractivity contribution is 7.10. The molecule has 1 unspecified atom stereocenters. The zero-order valence-corrected chi connectivity index (χ0v) is 14.5. The maximum absolute atomic E-state index is 12.6. The molecule has 25 heavy (non-hydrogen) atoms. The molecule has 1 atom stereocenters. The highest BCUT2D eigenvalue weighted by Gasteiger charge is 2.46. The second-order valence-corrected chi connectivity index (χ2v) is 6.57. The van der Waals surface area contributed by atoms with E-state index in [2.05, 4.69) is 4.98 Å². The number of Topliss-reactive ketones (excluding diaryl/α,β-unsaturated/α-hetero) is 1. The van der Waals surface area contributed by atoms with Crippen molar-refractivity contribution in [1.82, 2.24) is 9.88 Å². The van der Waals surface area contributed by atoms with Crippen LogP contribution in [0, 0.1) is 0 Å². The van der Waals surface area contributed by atoms with E-state index >= 15 is 0 Å². The number of aromatic nitrogens is 1. The summed E-state index contributed by atoms with van der Waals surface area (Å²) >= 11 is 1.45. The molecule has 1 N–H and O–H groups in total. The molecule has 1 aliphatic heterocycles. The molecule has 130 valence electrons. The van der Waals surface area contributed by atoms with Crippen molar-refractivity contribution in [3.05, 3.63) is 58.1 Å². The molecule has 3 heterocycles. The number of amides is 1. The average Bonchev–Trinajstić information content (AvgIpc) is 3.24. The highest BCUT2D eigenvalue weighted by Crippen LogP contribution is 2.40. The number of carbonyl (C=O) groups excluding carboxylic acids is 2. The second kappa shape index (κ2) is 7.58. The van der Waals surface area contributed by atoms with Crippen molar-refractivity contribution in [1.29, 1.82) is 0 Å². The zero-order chi connectivity index (χ0) is 17.8. The van der Waals surface area contributed by atoms with Gasteiger partial charge in [-0.1, -0.05) is 6.07 Å². The third-order valence-corrected chi connectivity index (χ3v) is 4.98. The van der Waals surface area contributed by atoms with Crippen LogP contribution in [0.5, 0.6) is 0 Å². The lowest BCUT2D eigenvalue weighted by molar-refractivity contribution is -0.140. The van der Waals surface area contributed by atoms with E-state index in [1.807, 2.05) is 17.5 Å². The second-order valence-electron chi connectivity index (χ2n) is 5.59. The molecule has 6 nitrogen and oxygen atoms in total. The zero-order valence-electron chi connectivity index (χ0n) is 13.7. The molecule has 0 spiro atoms. The number of nitrogens with zero attached hydrogens (tertiary/aromatic N) is 2. The van der Waals surface area contributed by atoms with E-state index in [0.717, 1.165) is 4.88 Å². The monoisotopic (exact) mass is 358 g/mol. The first kappa shape index (κ1) is 17.3. The van der Waals surface area contributed by atoms with Crippen LogP contribution in [0.2, 0.25) is 0 Å². The van der Waals surface area contributed by atoms with Crippen LogP contribution in [-0.4, -0.2) is 46.9 Å². The topological polar surface area (TPSA) is 79.7 Å². The van der Waals surface area contributed by atoms with Gasteiger partial charge < -0.3 is 14.7 Å². The maximum atomic E-state index is 12.6. The van der Waals surface area contributed by atoms with Crippen molar-refractivity contribution in [2.45, 2.75) is 12.5 Å². The summed E-state index contributed by atoms with van der Waals surface area (Å²) in [7, 11) is 1.59. The van der Waals surface area contributed by atoms with Crippen molar-refractivity contribution in [3.63, 3.8) is 0 Å². The van der Waals surface area contributed by atoms with Crippen LogP contribution in [0.3, 0.4) is 0 Å². The van der Waals surface area contributed by atoms with Crippen molar-refractivity contribution < 1.29 is 19.4 Å². The Hall–Kier alpha value is -2.51. The average molecular weight is 358 g/mol. The Morgan fingerprint density at radius 3 is 2.72 bits per heavy atom. The summed E-state index contributed by atoms with van der Waals surface area (Å²) in [5.74, 6) is -1.43. The van der Waals surface area contributed by atoms with Crippen LogP contribution >= 0.6 is 11.3 Å². The number of likely N-dealkylation sites (tertiary alicyclic amines) is 1. The molecule has 0 radical (unpaired) electrons. The van der Waals surface area contributed by atoms with Gasteiger partial charge in [-0.3, -0.25) is 14.6 Å². The van der Waals surface area contributed by atoms with Crippen molar-refractivity contribution >= 4 is 28.8 Å². The molecule has 0 aromatic carbocycles. The number of pyridine rings is 1. The Kier molecular flexibility index (Phi) is 5.25. The van der Waals surface area contributed by atoms with Gasteiger partial charge in [0.25, 0.3) is 11.7 Å². The molecule has 1 amide bonds. The van der Waals surface area contributed by atoms with E-state index in [1.54, 1.807) is 19.2 Å². The van der Waals surface area contributed by atoms with Gasteiger partial charge in [-0.05, 0) is 30.0 Å². The minimum Gasteiger partial charge on any atom is -0.507 e. The molecule has 7 heteroatoms. The van der Waals surface area contributed by atoms with E-state index in [-0.39, 0.29) is 11.3 Å². The van der Waals surface area contributed by atoms with Gasteiger partial charge >= 0.3 is 0 Å². The van der Waals surface area contributed by atoms with E-state index in [0.29, 0.717) is 25.1 Å². The van der Waals surface area contributed by atoms with Gasteiger partial charge in [0.2, 0.25) is 0 Å². The smallest absolute Gasteiger partial charge is 0.295 e. The third kappa shape index (κ3) is 3.33. The van der Waals surface area contributed by atoms with Gasteiger partial charge in [0, 0.05) is 43.1 Å². The number of thiophene rings is 1. The third-order valence-electron chi connectivity index (χ3n) is 4.05. The first-order valence-corrected chi connectivity index (χ1v) is 8.74. The fourth-order valence-electron chi connectivity index (χ4n) is 2.90. The number of methoxy groups -OCH3 is 1. The van der Waals surface area contributed by atoms with Crippen LogP contribution in [0.1, 0.15) is 22.9 Å². The first-order valence-electron chi connectivity index (χ1n) is 7.86. The number of aliphatic hydroxyl groups is 1. The molecule has 0 saturated carbocycles. The molecule has 0 aliphatic carbocycles. The Balaban J connectivity index is 2.06. The summed E-state index contributed by atoms with van der Waals surface area (Å²) in [4.78, 5) is 31.4. The molecule has 1 fully saturated rings. The Morgan fingerprint density at radius 1 is 1.32 bits per heavy atom. The van der Waals surface area contributed by atoms with Crippen LogP contribution < -0.4 is 0 Å². The lowest BCUT2D eigenvalue weighted by Crippen LogP contribution is -2.31. The van der Waals surface area contributed by atoms with Gasteiger partial charge in [-0.25, -0.2) is 0 Å². The largest absolute Gasteiger partial charge is 0.507 e. The first-order chi connectivity index (χ1) is 12.1. The van der Waals surface area contributed by atoms with Crippen LogP contribution in [0.25, 0.3) is 5.76 Å². The fourth-order valence-corrected chi connectivity index (χ4v) is 3.74. The number of carbonyl (C=O) groups is 2. The Labute approximate surface area is 149 Å². The number of hydrogen-bond donors (Lipinski definition) is 1. The predicted octanol–water partition coefficient (Wildman–Crippen LogP) is 2.60. The highest BCUT2D eigenvalue weighted by atomic mass is 32.1. The molecule has 1 aliphatic rings. The van der Waals surface area contributed by atoms with Gasteiger partial charge in [-0.2, -0.15) is 0 Å². The lowest BCUT2D eigenvalue weighted by Gasteiger charge is -2.23. The molecular weight excluding hydrogens is 340 g/mol. The minimum absolute atomic E-state index is 0.121. The minimum atomic E-state index is -0.662. The summed E-state index contributed by atoms with van der Waals surface area (Å²) in [5, 5.41) is 12.6. The van der Waals surface area contributed by atoms with Gasteiger partial charge in [0.05, 0.1) is 11.6 Å². The number of ketones is 1. The molecule has 3 rings (SSSR count). The summed E-state index contributed by atoms with van der Waals surface area (Å²) < 4.78 is 5.04. The molecule has 2 aromatic rings. The quantitative estimate of drug-likeness (QED) is 0.372. The van der Waals surface area contributed by atoms with Crippen LogP contribution in [-0.2, 0) is 14.3 Å². The summed E-state index contributed by atoms with van der Waals surface area (Å²) in [5.41, 5.74) is 0.586. The normalized spacial score (nSPS) is 19.6. The summed E-state index contributed by atoms with van der Waals surface area (Å²) in [6, 6.07) is 6.37. The molecule has 0 bridgehead atoms. The SMILES string of the molecule is COCCCN1C(=O)C(=O)/C(=C(\O)c2ccncc2)C1c1cccs1. The van der Waals surface area contributed by atoms with E-state index in [9.17, 15) is 14.7 Å². The molecular formula is C18H18N2O4S. The number of hydrogen-bond acceptors (Lipinski definition) is 6. The molecule has 1 saturated heterocycles. The van der Waals surface area contributed by atoms with E-state index < -0.39 is 17.7 Å². The van der Waals surface area contributed by atoms with E-state index in [1.165, 1.54) is 28.6 Å². The predicted molar refractivity (Wildman–Crippen MR) is 94.1 cm³/mol. The Bertz CT molecular complexity index is 787. The summed E-state index contributed by atoms with van der Waals surface area (Å²) in [6.45, 7) is 0.874. The van der Waals surface area contributed by atoms with Crippen LogP contribution in [0.4, 0.5) is 0 Å². The van der Waals surface area contributed by atoms with Crippen LogP contribution in [0.15, 0.2) is 47.6 Å². The van der Waals surface area contributed by atoms with Crippen molar-refractivity contribution in [2.75, 3.05) is 20.3 Å². The summed E-state index contributed by atoms with van der Waals surface area (Å²) in [6.07, 6.45) is 3.68. The standard InChI is InChI=1S/C18H18N2O4S/c1-24-10-3-9-20-15(13-4-2-11-25-13)14(17(22)18(20)23)16(21)12-5-7-19-8-6-12/h2,4-8,11,15,21H,3,9-10H2,1H3/b16-14-. The van der Waals surface area contributed by atoms with Gasteiger partial charge in [0.1, 0.15) is 5.76 Å². The van der Waals surface area contributed by atoms with Gasteiger partial charge in [0.15, 0.2) is 0 Å². The van der Waals surface area contributed by atoms with Crippen molar-refractivity contribution in [2.24, 2.45) is 0 Å². The lowest BCUT2D eigenvalue weighted by atomic mass is 10.0. The fraction of sp³-hybridized carbons (Fsp3) is 0.278. The number of ether oxygens (including phenoxy) is 1.